The highest BCUT2D eigenvalue weighted by Crippen LogP contribution is 2.38. The molecular weight excluding hydrogens is 246 g/mol. The Morgan fingerprint density at radius 2 is 2.44 bits per heavy atom. The van der Waals surface area contributed by atoms with E-state index in [1.807, 2.05) is 37.5 Å². The van der Waals surface area contributed by atoms with Gasteiger partial charge in [0.2, 0.25) is 0 Å². The Labute approximate surface area is 113 Å². The van der Waals surface area contributed by atoms with E-state index < -0.39 is 0 Å². The summed E-state index contributed by atoms with van der Waals surface area (Å²) in [6.07, 6.45) is 4.49. The van der Waals surface area contributed by atoms with E-state index in [0.717, 1.165) is 18.5 Å². The van der Waals surface area contributed by atoms with E-state index in [1.165, 1.54) is 17.9 Å². The summed E-state index contributed by atoms with van der Waals surface area (Å²) in [5, 5.41) is 19.1. The van der Waals surface area contributed by atoms with Crippen LogP contribution in [0.25, 0.3) is 0 Å². The van der Waals surface area contributed by atoms with Gasteiger partial charge in [-0.3, -0.25) is 4.68 Å². The zero-order valence-corrected chi connectivity index (χ0v) is 12.3. The first-order chi connectivity index (χ1) is 8.58. The third-order valence-corrected chi connectivity index (χ3v) is 5.24. The average Bonchev–Trinajstić information content (AvgIpc) is 2.68. The lowest BCUT2D eigenvalue weighted by atomic mass is 9.82. The third kappa shape index (κ3) is 2.90. The first-order valence-corrected chi connectivity index (χ1v) is 7.43. The maximum absolute atomic E-state index is 9.59. The number of hydrogen-bond donors (Lipinski definition) is 2. The zero-order valence-electron chi connectivity index (χ0n) is 11.4. The van der Waals surface area contributed by atoms with Gasteiger partial charge in [-0.25, -0.2) is 0 Å². The first kappa shape index (κ1) is 13.9. The molecular formula is C13H23N3OS. The van der Waals surface area contributed by atoms with Crippen molar-refractivity contribution in [3.63, 3.8) is 0 Å². The van der Waals surface area contributed by atoms with Crippen LogP contribution in [0.15, 0.2) is 11.1 Å². The standard InChI is InChI=1S/C13H23N3OS/c1-10-7-12(16(3)15-10)18-11-5-4-6-13(8-11,9-17)14-2/h7,11,14,17H,4-6,8-9H2,1-3H3. The molecule has 1 aliphatic rings. The summed E-state index contributed by atoms with van der Waals surface area (Å²) in [7, 11) is 3.95. The van der Waals surface area contributed by atoms with Gasteiger partial charge in [0.05, 0.1) is 17.3 Å². The molecule has 5 heteroatoms. The van der Waals surface area contributed by atoms with Crippen molar-refractivity contribution in [2.45, 2.75) is 48.4 Å². The summed E-state index contributed by atoms with van der Waals surface area (Å²) in [5.74, 6) is 0. The molecule has 102 valence electrons. The Kier molecular flexibility index (Phi) is 4.35. The second-order valence-corrected chi connectivity index (χ2v) is 6.59. The fourth-order valence-corrected chi connectivity index (χ4v) is 4.19. The molecule has 0 aliphatic heterocycles. The van der Waals surface area contributed by atoms with Crippen molar-refractivity contribution < 1.29 is 5.11 Å². The number of aliphatic hydroxyl groups is 1. The monoisotopic (exact) mass is 269 g/mol. The number of aryl methyl sites for hydroxylation is 2. The number of aromatic nitrogens is 2. The van der Waals surface area contributed by atoms with Gasteiger partial charge in [0, 0.05) is 17.8 Å². The minimum absolute atomic E-state index is 0.0798. The predicted molar refractivity (Wildman–Crippen MR) is 74.9 cm³/mol. The lowest BCUT2D eigenvalue weighted by molar-refractivity contribution is 0.131. The Morgan fingerprint density at radius 1 is 1.67 bits per heavy atom. The summed E-state index contributed by atoms with van der Waals surface area (Å²) >= 11 is 1.89. The largest absolute Gasteiger partial charge is 0.394 e. The van der Waals surface area contributed by atoms with Crippen LogP contribution in [0, 0.1) is 6.92 Å². The van der Waals surface area contributed by atoms with E-state index in [4.69, 9.17) is 0 Å². The maximum atomic E-state index is 9.59. The van der Waals surface area contributed by atoms with Gasteiger partial charge in [-0.05, 0) is 39.3 Å². The minimum atomic E-state index is -0.0798. The Bertz CT molecular complexity index is 401. The van der Waals surface area contributed by atoms with E-state index in [2.05, 4.69) is 16.5 Å². The van der Waals surface area contributed by atoms with Crippen LogP contribution >= 0.6 is 11.8 Å². The van der Waals surface area contributed by atoms with Crippen molar-refractivity contribution in [1.29, 1.82) is 0 Å². The van der Waals surface area contributed by atoms with Gasteiger partial charge in [-0.2, -0.15) is 5.10 Å². The number of hydrogen-bond acceptors (Lipinski definition) is 4. The maximum Gasteiger partial charge on any atom is 0.0942 e. The summed E-state index contributed by atoms with van der Waals surface area (Å²) in [6, 6.07) is 2.14. The van der Waals surface area contributed by atoms with Crippen LogP contribution in [-0.4, -0.2) is 39.3 Å². The van der Waals surface area contributed by atoms with Crippen molar-refractivity contribution in [2.75, 3.05) is 13.7 Å². The highest BCUT2D eigenvalue weighted by Gasteiger charge is 2.35. The average molecular weight is 269 g/mol. The summed E-state index contributed by atoms with van der Waals surface area (Å²) in [4.78, 5) is 0. The van der Waals surface area contributed by atoms with Gasteiger partial charge in [0.15, 0.2) is 0 Å². The third-order valence-electron chi connectivity index (χ3n) is 3.88. The van der Waals surface area contributed by atoms with Gasteiger partial charge in [0.25, 0.3) is 0 Å². The van der Waals surface area contributed by atoms with Crippen LogP contribution in [0.5, 0.6) is 0 Å². The van der Waals surface area contributed by atoms with Gasteiger partial charge in [-0.15, -0.1) is 11.8 Å². The second kappa shape index (κ2) is 5.63. The van der Waals surface area contributed by atoms with Crippen LogP contribution < -0.4 is 5.32 Å². The SMILES string of the molecule is CNC1(CO)CCCC(Sc2cc(C)nn2C)C1. The molecule has 0 amide bonds. The van der Waals surface area contributed by atoms with Crippen molar-refractivity contribution in [3.05, 3.63) is 11.8 Å². The molecule has 0 saturated heterocycles. The molecule has 0 aromatic carbocycles. The smallest absolute Gasteiger partial charge is 0.0942 e. The van der Waals surface area contributed by atoms with E-state index in [-0.39, 0.29) is 12.1 Å². The molecule has 2 N–H and O–H groups in total. The van der Waals surface area contributed by atoms with E-state index in [9.17, 15) is 5.11 Å². The van der Waals surface area contributed by atoms with Crippen molar-refractivity contribution >= 4 is 11.8 Å². The minimum Gasteiger partial charge on any atom is -0.394 e. The van der Waals surface area contributed by atoms with Crippen LogP contribution in [0.2, 0.25) is 0 Å². The van der Waals surface area contributed by atoms with Crippen molar-refractivity contribution in [3.8, 4) is 0 Å². The number of rotatable bonds is 4. The number of nitrogens with one attached hydrogen (secondary N) is 1. The highest BCUT2D eigenvalue weighted by atomic mass is 32.2. The van der Waals surface area contributed by atoms with Crippen LogP contribution in [0.4, 0.5) is 0 Å². The molecule has 4 nitrogen and oxygen atoms in total. The van der Waals surface area contributed by atoms with Crippen LogP contribution in [0.3, 0.4) is 0 Å². The molecule has 2 unspecified atom stereocenters. The van der Waals surface area contributed by atoms with Gasteiger partial charge in [-0.1, -0.05) is 6.42 Å². The molecule has 1 heterocycles. The first-order valence-electron chi connectivity index (χ1n) is 6.55. The molecule has 0 radical (unpaired) electrons. The summed E-state index contributed by atoms with van der Waals surface area (Å²) < 4.78 is 1.95. The molecule has 1 aromatic heterocycles. The highest BCUT2D eigenvalue weighted by molar-refractivity contribution is 7.99. The molecule has 1 saturated carbocycles. The summed E-state index contributed by atoms with van der Waals surface area (Å²) in [5.41, 5.74) is 0.988. The van der Waals surface area contributed by atoms with E-state index in [1.54, 1.807) is 0 Å². The molecule has 18 heavy (non-hydrogen) atoms. The van der Waals surface area contributed by atoms with E-state index in [0.29, 0.717) is 5.25 Å². The topological polar surface area (TPSA) is 50.1 Å². The lowest BCUT2D eigenvalue weighted by Gasteiger charge is -2.39. The number of aliphatic hydroxyl groups excluding tert-OH is 1. The number of nitrogens with zero attached hydrogens (tertiary/aromatic N) is 2. The van der Waals surface area contributed by atoms with Crippen molar-refractivity contribution in [1.82, 2.24) is 15.1 Å². The second-order valence-electron chi connectivity index (χ2n) is 5.27. The molecule has 0 spiro atoms. The van der Waals surface area contributed by atoms with Crippen LogP contribution in [-0.2, 0) is 7.05 Å². The Morgan fingerprint density at radius 3 is 3.00 bits per heavy atom. The molecule has 0 bridgehead atoms. The normalized spacial score (nSPS) is 28.6. The van der Waals surface area contributed by atoms with E-state index >= 15 is 0 Å². The zero-order chi connectivity index (χ0) is 13.2. The van der Waals surface area contributed by atoms with Gasteiger partial charge in [0.1, 0.15) is 0 Å². The predicted octanol–water partition coefficient (Wildman–Crippen LogP) is 1.71. The Balaban J connectivity index is 2.03. The van der Waals surface area contributed by atoms with Gasteiger partial charge >= 0.3 is 0 Å². The molecule has 1 aromatic rings. The lowest BCUT2D eigenvalue weighted by Crippen LogP contribution is -2.50. The fraction of sp³-hybridized carbons (Fsp3) is 0.769. The number of likely N-dealkylation sites (N-methyl/N-ethyl adjacent to an activating group) is 1. The molecule has 2 atom stereocenters. The van der Waals surface area contributed by atoms with Gasteiger partial charge < -0.3 is 10.4 Å². The summed E-state index contributed by atoms with van der Waals surface area (Å²) in [6.45, 7) is 2.25. The molecule has 1 fully saturated rings. The fourth-order valence-electron chi connectivity index (χ4n) is 2.73. The molecule has 1 aliphatic carbocycles. The van der Waals surface area contributed by atoms with Crippen molar-refractivity contribution in [2.24, 2.45) is 7.05 Å². The van der Waals surface area contributed by atoms with Crippen LogP contribution in [0.1, 0.15) is 31.4 Å². The quantitative estimate of drug-likeness (QED) is 0.874. The Hall–Kier alpha value is -0.520. The number of thioether (sulfide) groups is 1. The molecule has 2 rings (SSSR count).